The number of hydrogen-bond acceptors (Lipinski definition) is 11. The second-order valence-electron chi connectivity index (χ2n) is 14.3. The van der Waals surface area contributed by atoms with Crippen LogP contribution in [0.15, 0.2) is 152 Å². The number of nitrogens with two attached hydrogens (primary N) is 2. The fraction of sp³-hybridized carbons (Fsp3) is 0.347. The number of ether oxygens (including phenoxy) is 3. The normalized spacial score (nSPS) is 12.3. The first-order chi connectivity index (χ1) is 29.3. The van der Waals surface area contributed by atoms with Crippen molar-refractivity contribution in [1.29, 1.82) is 0 Å². The molecule has 0 aliphatic carbocycles. The van der Waals surface area contributed by atoms with Gasteiger partial charge in [0.15, 0.2) is 6.10 Å². The van der Waals surface area contributed by atoms with E-state index in [4.69, 9.17) is 41.0 Å². The summed E-state index contributed by atoms with van der Waals surface area (Å²) in [5, 5.41) is 36.5. The van der Waals surface area contributed by atoms with Gasteiger partial charge >= 0.3 is 35.5 Å². The first-order valence-electron chi connectivity index (χ1n) is 20.4. The molecule has 5 rings (SSSR count). The fourth-order valence-corrected chi connectivity index (χ4v) is 4.67. The number of carbonyl (C=O) groups is 2. The molecule has 340 valence electrons. The van der Waals surface area contributed by atoms with Crippen LogP contribution in [0.25, 0.3) is 0 Å². The van der Waals surface area contributed by atoms with Crippen molar-refractivity contribution in [3.63, 3.8) is 0 Å². The quantitative estimate of drug-likeness (QED) is 0.0516. The number of aliphatic carboxylic acids is 2. The monoisotopic (exact) mass is 881 g/mol. The molecule has 13 nitrogen and oxygen atoms in total. The third-order valence-electron chi connectivity index (χ3n) is 8.21. The van der Waals surface area contributed by atoms with Crippen LogP contribution in [0.5, 0.6) is 0 Å². The molecule has 5 atom stereocenters. The second-order valence-corrected chi connectivity index (χ2v) is 14.3. The molecule has 63 heavy (non-hydrogen) atoms. The fourth-order valence-electron chi connectivity index (χ4n) is 4.67. The van der Waals surface area contributed by atoms with E-state index in [-0.39, 0.29) is 47.1 Å². The van der Waals surface area contributed by atoms with Crippen molar-refractivity contribution in [3.8, 4) is 0 Å². The Bertz CT molecular complexity index is 1600. The molecular weight excluding hydrogens is 814 g/mol. The summed E-state index contributed by atoms with van der Waals surface area (Å²) in [6.45, 7) is 10.5. The van der Waals surface area contributed by atoms with Crippen molar-refractivity contribution in [2.75, 3.05) is 19.8 Å². The minimum atomic E-state index is -1.52. The third-order valence-corrected chi connectivity index (χ3v) is 8.21. The van der Waals surface area contributed by atoms with E-state index in [1.54, 1.807) is 48.5 Å². The number of aliphatic hydroxyl groups is 2. The van der Waals surface area contributed by atoms with E-state index in [9.17, 15) is 14.7 Å². The predicted octanol–water partition coefficient (Wildman–Crippen LogP) is 2.21. The molecule has 0 aromatic heterocycles. The molecule has 0 saturated heterocycles. The summed E-state index contributed by atoms with van der Waals surface area (Å²) in [7, 11) is 0. The van der Waals surface area contributed by atoms with Gasteiger partial charge in [0.25, 0.3) is 0 Å². The van der Waals surface area contributed by atoms with E-state index in [1.165, 1.54) is 28.8 Å². The summed E-state index contributed by atoms with van der Waals surface area (Å²) >= 11 is 0. The molecule has 0 spiro atoms. The number of quaternary nitrogens is 1. The van der Waals surface area contributed by atoms with Gasteiger partial charge in [0, 0.05) is 31.7 Å². The number of benzene rings is 5. The Hall–Kier alpha value is -4.32. The molecule has 0 amide bonds. The van der Waals surface area contributed by atoms with E-state index in [1.807, 2.05) is 68.4 Å². The minimum Gasteiger partial charge on any atom is -0.870 e. The summed E-state index contributed by atoms with van der Waals surface area (Å²) in [6.07, 6.45) is -0.0423. The van der Waals surface area contributed by atoms with Crippen molar-refractivity contribution in [1.82, 2.24) is 0 Å². The average molecular weight is 882 g/mol. The zero-order valence-electron chi connectivity index (χ0n) is 37.3. The summed E-state index contributed by atoms with van der Waals surface area (Å²) in [5.41, 5.74) is 19.5. The molecule has 0 fully saturated rings. The SMILES string of the molecule is CC(N)CCOCc1ccccc1.C[C@H](N)CCOCc1ccccc1.C[C@H]([NH3+])CCOCc1ccccc1.O=C(O)[C@H](O)c1ccccc1.O=C([O-])[C@H](O)c1ccccc1.[Na+].[OH-]. The Labute approximate surface area is 395 Å². The van der Waals surface area contributed by atoms with E-state index in [0.717, 1.165) is 39.1 Å². The molecule has 0 aliphatic heterocycles. The van der Waals surface area contributed by atoms with Gasteiger partial charge in [0.2, 0.25) is 0 Å². The Balaban J connectivity index is 0. The molecule has 11 N–H and O–H groups in total. The maximum atomic E-state index is 10.2. The van der Waals surface area contributed by atoms with Crippen LogP contribution in [0.3, 0.4) is 0 Å². The van der Waals surface area contributed by atoms with Crippen molar-refractivity contribution in [2.45, 2.75) is 90.2 Å². The van der Waals surface area contributed by atoms with E-state index in [2.05, 4.69) is 49.1 Å². The minimum absolute atomic E-state index is 0. The van der Waals surface area contributed by atoms with Gasteiger partial charge in [-0.1, -0.05) is 152 Å². The number of rotatable bonds is 19. The largest absolute Gasteiger partial charge is 1.00 e. The summed E-state index contributed by atoms with van der Waals surface area (Å²) in [5.74, 6) is -2.70. The Kier molecular flexibility index (Phi) is 37.9. The average Bonchev–Trinajstić information content (AvgIpc) is 3.27. The van der Waals surface area contributed by atoms with Gasteiger partial charge in [-0.25, -0.2) is 4.79 Å². The van der Waals surface area contributed by atoms with Crippen LogP contribution >= 0.6 is 0 Å². The van der Waals surface area contributed by atoms with Crippen LogP contribution < -0.4 is 51.9 Å². The standard InChI is InChI=1S/3C11H17NO.2C8H8O3.Na.H2O/c3*1-10(12)7-8-13-9-11-5-3-2-4-6-11;2*9-7(8(10)11)6-4-2-1-3-5-6;;/h3*2-6,10H,7-9,12H2,1H3;2*1-5,7,9H,(H,10,11);;1H2/q;;;;;+1;/p-1/t2*10-;;2*7-;;/m00.11../s1. The molecule has 0 bridgehead atoms. The topological polar surface area (TPSA) is 255 Å². The van der Waals surface area contributed by atoms with Crippen LogP contribution in [0.4, 0.5) is 0 Å². The Morgan fingerprint density at radius 2 is 0.810 bits per heavy atom. The third kappa shape index (κ3) is 33.9. The van der Waals surface area contributed by atoms with Crippen LogP contribution in [0.1, 0.15) is 80.1 Å². The molecule has 5 aromatic rings. The van der Waals surface area contributed by atoms with Crippen molar-refractivity contribution in [3.05, 3.63) is 179 Å². The van der Waals surface area contributed by atoms with E-state index >= 15 is 0 Å². The van der Waals surface area contributed by atoms with Gasteiger partial charge in [-0.15, -0.1) is 0 Å². The van der Waals surface area contributed by atoms with Gasteiger partial charge in [-0.05, 0) is 61.4 Å². The van der Waals surface area contributed by atoms with Gasteiger partial charge in [-0.2, -0.15) is 0 Å². The maximum absolute atomic E-state index is 10.2. The van der Waals surface area contributed by atoms with Crippen LogP contribution in [0.2, 0.25) is 0 Å². The number of hydrogen-bond donors (Lipinski definition) is 6. The summed E-state index contributed by atoms with van der Waals surface area (Å²) in [4.78, 5) is 20.4. The van der Waals surface area contributed by atoms with Gasteiger partial charge in [0.1, 0.15) is 6.10 Å². The summed E-state index contributed by atoms with van der Waals surface area (Å²) < 4.78 is 16.4. The zero-order valence-corrected chi connectivity index (χ0v) is 39.3. The molecule has 1 unspecified atom stereocenters. The van der Waals surface area contributed by atoms with Crippen LogP contribution in [-0.4, -0.2) is 70.7 Å². The van der Waals surface area contributed by atoms with Crippen molar-refractivity contribution < 1.29 is 85.0 Å². The van der Waals surface area contributed by atoms with Crippen molar-refractivity contribution in [2.24, 2.45) is 11.5 Å². The molecule has 5 aromatic carbocycles. The van der Waals surface area contributed by atoms with Crippen LogP contribution in [-0.2, 0) is 43.6 Å². The molecule has 0 heterocycles. The number of carbonyl (C=O) groups excluding carboxylic acids is 1. The molecule has 0 aliphatic rings. The molecule has 0 saturated carbocycles. The zero-order chi connectivity index (χ0) is 45.1. The number of aliphatic hydroxyl groups excluding tert-OH is 2. The summed E-state index contributed by atoms with van der Waals surface area (Å²) in [6, 6.07) is 47.9. The van der Waals surface area contributed by atoms with Crippen molar-refractivity contribution >= 4 is 11.9 Å². The maximum Gasteiger partial charge on any atom is 1.00 e. The van der Waals surface area contributed by atoms with E-state index in [0.29, 0.717) is 37.0 Å². The molecule has 14 heteroatoms. The number of carboxylic acid groups (broad SMARTS) is 2. The Morgan fingerprint density at radius 3 is 1.06 bits per heavy atom. The first-order valence-corrected chi connectivity index (χ1v) is 20.4. The Morgan fingerprint density at radius 1 is 0.540 bits per heavy atom. The predicted molar refractivity (Wildman–Crippen MR) is 239 cm³/mol. The van der Waals surface area contributed by atoms with Crippen LogP contribution in [0, 0.1) is 0 Å². The number of carboxylic acids is 2. The smallest absolute Gasteiger partial charge is 0.870 e. The molecular formula is C49H68N3NaO10. The van der Waals surface area contributed by atoms with Gasteiger partial charge in [0.05, 0.1) is 38.4 Å². The van der Waals surface area contributed by atoms with E-state index < -0.39 is 24.1 Å². The first kappa shape index (κ1) is 60.8. The van der Waals surface area contributed by atoms with Gasteiger partial charge in [-0.3, -0.25) is 0 Å². The second kappa shape index (κ2) is 39.3. The van der Waals surface area contributed by atoms with Gasteiger partial charge < -0.3 is 62.1 Å². The molecule has 0 radical (unpaired) electrons.